The van der Waals surface area contributed by atoms with Gasteiger partial charge in [0, 0.05) is 6.07 Å². The van der Waals surface area contributed by atoms with Crippen LogP contribution in [-0.4, -0.2) is 20.3 Å². The van der Waals surface area contributed by atoms with Gasteiger partial charge >= 0.3 is 0 Å². The minimum absolute atomic E-state index is 0.392. The largest absolute Gasteiger partial charge is 0.460 e. The molecular formula is C14H15N5O2. The predicted octanol–water partition coefficient (Wildman–Crippen LogP) is 2.37. The standard InChI is InChI=1S/C14H15N5O2/c1-8-3-4-11(20-8)9-7-10(18-17-9)12-16-13(19-21-12)14(15)5-2-6-14/h3-4,7H,2,5-6,15H2,1H3,(H,17,18). The molecule has 21 heavy (non-hydrogen) atoms. The molecule has 0 spiro atoms. The van der Waals surface area contributed by atoms with Crippen molar-refractivity contribution in [3.05, 3.63) is 29.8 Å². The number of nitrogens with two attached hydrogens (primary N) is 1. The number of aryl methyl sites for hydroxylation is 1. The molecule has 0 atom stereocenters. The maximum absolute atomic E-state index is 6.19. The molecule has 3 aromatic heterocycles. The number of aromatic amines is 1. The highest BCUT2D eigenvalue weighted by Crippen LogP contribution is 2.37. The number of nitrogens with one attached hydrogen (secondary N) is 1. The molecule has 108 valence electrons. The summed E-state index contributed by atoms with van der Waals surface area (Å²) in [6, 6.07) is 5.58. The second-order valence-electron chi connectivity index (χ2n) is 5.51. The van der Waals surface area contributed by atoms with Crippen LogP contribution in [0.3, 0.4) is 0 Å². The number of aromatic nitrogens is 4. The van der Waals surface area contributed by atoms with Crippen molar-refractivity contribution in [1.82, 2.24) is 20.3 Å². The van der Waals surface area contributed by atoms with Gasteiger partial charge in [-0.05, 0) is 38.3 Å². The minimum Gasteiger partial charge on any atom is -0.460 e. The van der Waals surface area contributed by atoms with Crippen molar-refractivity contribution in [2.24, 2.45) is 5.73 Å². The SMILES string of the molecule is Cc1ccc(-c2cc(-c3nc(C4(N)CCC4)no3)[nH]n2)o1. The Morgan fingerprint density at radius 1 is 1.33 bits per heavy atom. The predicted molar refractivity (Wildman–Crippen MR) is 74.0 cm³/mol. The monoisotopic (exact) mass is 285 g/mol. The van der Waals surface area contributed by atoms with Gasteiger partial charge in [-0.1, -0.05) is 5.16 Å². The van der Waals surface area contributed by atoms with Crippen LogP contribution in [0.4, 0.5) is 0 Å². The van der Waals surface area contributed by atoms with E-state index in [9.17, 15) is 0 Å². The molecule has 1 saturated carbocycles. The lowest BCUT2D eigenvalue weighted by molar-refractivity contribution is 0.229. The third kappa shape index (κ3) is 1.97. The molecule has 0 aliphatic heterocycles. The van der Waals surface area contributed by atoms with Crippen LogP contribution in [0.15, 0.2) is 27.1 Å². The summed E-state index contributed by atoms with van der Waals surface area (Å²) in [5.74, 6) is 2.49. The molecular weight excluding hydrogens is 270 g/mol. The van der Waals surface area contributed by atoms with Crippen LogP contribution in [0.5, 0.6) is 0 Å². The summed E-state index contributed by atoms with van der Waals surface area (Å²) in [4.78, 5) is 4.38. The smallest absolute Gasteiger partial charge is 0.276 e. The van der Waals surface area contributed by atoms with Crippen molar-refractivity contribution in [3.63, 3.8) is 0 Å². The van der Waals surface area contributed by atoms with E-state index in [0.717, 1.165) is 25.0 Å². The lowest BCUT2D eigenvalue weighted by Crippen LogP contribution is -2.44. The maximum atomic E-state index is 6.19. The summed E-state index contributed by atoms with van der Waals surface area (Å²) in [7, 11) is 0. The zero-order valence-corrected chi connectivity index (χ0v) is 11.6. The molecule has 3 heterocycles. The number of H-pyrrole nitrogens is 1. The summed E-state index contributed by atoms with van der Waals surface area (Å²) in [5, 5.41) is 11.1. The highest BCUT2D eigenvalue weighted by Gasteiger charge is 2.39. The fourth-order valence-electron chi connectivity index (χ4n) is 2.45. The van der Waals surface area contributed by atoms with Crippen LogP contribution in [-0.2, 0) is 5.54 Å². The highest BCUT2D eigenvalue weighted by molar-refractivity contribution is 5.60. The van der Waals surface area contributed by atoms with Crippen molar-refractivity contribution < 1.29 is 8.94 Å². The van der Waals surface area contributed by atoms with Crippen LogP contribution in [0.25, 0.3) is 23.0 Å². The molecule has 7 heteroatoms. The van der Waals surface area contributed by atoms with Gasteiger partial charge in [0.1, 0.15) is 17.1 Å². The van der Waals surface area contributed by atoms with E-state index in [4.69, 9.17) is 14.7 Å². The van der Waals surface area contributed by atoms with Crippen molar-refractivity contribution in [2.45, 2.75) is 31.7 Å². The molecule has 3 N–H and O–H groups in total. The molecule has 0 amide bonds. The number of rotatable bonds is 3. The van der Waals surface area contributed by atoms with Gasteiger partial charge in [0.15, 0.2) is 11.6 Å². The fraction of sp³-hybridized carbons (Fsp3) is 0.357. The molecule has 7 nitrogen and oxygen atoms in total. The molecule has 0 bridgehead atoms. The van der Waals surface area contributed by atoms with Crippen LogP contribution >= 0.6 is 0 Å². The summed E-state index contributed by atoms with van der Waals surface area (Å²) in [6.07, 6.45) is 2.89. The molecule has 0 unspecified atom stereocenters. The quantitative estimate of drug-likeness (QED) is 0.765. The first-order valence-corrected chi connectivity index (χ1v) is 6.90. The number of hydrogen-bond acceptors (Lipinski definition) is 6. The molecule has 0 aromatic carbocycles. The topological polar surface area (TPSA) is 107 Å². The van der Waals surface area contributed by atoms with Crippen LogP contribution in [0.2, 0.25) is 0 Å². The zero-order valence-electron chi connectivity index (χ0n) is 11.6. The van der Waals surface area contributed by atoms with Gasteiger partial charge < -0.3 is 14.7 Å². The molecule has 1 fully saturated rings. The Morgan fingerprint density at radius 2 is 2.19 bits per heavy atom. The average Bonchev–Trinajstić information content (AvgIpc) is 3.14. The maximum Gasteiger partial charge on any atom is 0.276 e. The van der Waals surface area contributed by atoms with Gasteiger partial charge in [-0.15, -0.1) is 0 Å². The molecule has 0 radical (unpaired) electrons. The zero-order chi connectivity index (χ0) is 14.4. The molecule has 3 aromatic rings. The third-order valence-corrected chi connectivity index (χ3v) is 3.92. The van der Waals surface area contributed by atoms with Crippen LogP contribution in [0.1, 0.15) is 30.8 Å². The summed E-state index contributed by atoms with van der Waals surface area (Å²) < 4.78 is 10.8. The Bertz CT molecular complexity index is 781. The van der Waals surface area contributed by atoms with E-state index in [1.54, 1.807) is 0 Å². The number of nitrogens with zero attached hydrogens (tertiary/aromatic N) is 3. The van der Waals surface area contributed by atoms with Crippen molar-refractivity contribution in [1.29, 1.82) is 0 Å². The van der Waals surface area contributed by atoms with E-state index < -0.39 is 5.54 Å². The van der Waals surface area contributed by atoms with Gasteiger partial charge in [0.05, 0.1) is 5.54 Å². The van der Waals surface area contributed by atoms with Gasteiger partial charge in [0.25, 0.3) is 5.89 Å². The third-order valence-electron chi connectivity index (χ3n) is 3.92. The minimum atomic E-state index is -0.428. The number of furan rings is 1. The highest BCUT2D eigenvalue weighted by atomic mass is 16.5. The second kappa shape index (κ2) is 4.29. The summed E-state index contributed by atoms with van der Waals surface area (Å²) in [6.45, 7) is 1.89. The van der Waals surface area contributed by atoms with Crippen molar-refractivity contribution in [3.8, 4) is 23.0 Å². The lowest BCUT2D eigenvalue weighted by atomic mass is 9.77. The molecule has 0 saturated heterocycles. The second-order valence-corrected chi connectivity index (χ2v) is 5.51. The Labute approximate surface area is 120 Å². The molecule has 4 rings (SSSR count). The first-order chi connectivity index (χ1) is 10.1. The molecule has 1 aliphatic carbocycles. The van der Waals surface area contributed by atoms with E-state index in [0.29, 0.717) is 28.9 Å². The van der Waals surface area contributed by atoms with Crippen molar-refractivity contribution >= 4 is 0 Å². The van der Waals surface area contributed by atoms with Gasteiger partial charge in [-0.2, -0.15) is 10.1 Å². The van der Waals surface area contributed by atoms with E-state index in [2.05, 4.69) is 20.3 Å². The Hall–Kier alpha value is -2.41. The Morgan fingerprint density at radius 3 is 2.86 bits per heavy atom. The average molecular weight is 285 g/mol. The van der Waals surface area contributed by atoms with Gasteiger partial charge in [-0.3, -0.25) is 5.10 Å². The van der Waals surface area contributed by atoms with E-state index in [1.807, 2.05) is 25.1 Å². The summed E-state index contributed by atoms with van der Waals surface area (Å²) >= 11 is 0. The Kier molecular flexibility index (Phi) is 2.52. The fourth-order valence-corrected chi connectivity index (χ4v) is 2.45. The van der Waals surface area contributed by atoms with Gasteiger partial charge in [0.2, 0.25) is 0 Å². The Balaban J connectivity index is 1.64. The van der Waals surface area contributed by atoms with Crippen LogP contribution < -0.4 is 5.73 Å². The lowest BCUT2D eigenvalue weighted by Gasteiger charge is -2.34. The van der Waals surface area contributed by atoms with E-state index >= 15 is 0 Å². The van der Waals surface area contributed by atoms with Crippen molar-refractivity contribution in [2.75, 3.05) is 0 Å². The van der Waals surface area contributed by atoms with Crippen LogP contribution in [0, 0.1) is 6.92 Å². The van der Waals surface area contributed by atoms with Gasteiger partial charge in [-0.25, -0.2) is 0 Å². The van der Waals surface area contributed by atoms with E-state index in [-0.39, 0.29) is 0 Å². The first kappa shape index (κ1) is 12.3. The number of hydrogen-bond donors (Lipinski definition) is 2. The normalized spacial score (nSPS) is 16.9. The summed E-state index contributed by atoms with van der Waals surface area (Å²) in [5.41, 5.74) is 7.11. The van der Waals surface area contributed by atoms with E-state index in [1.165, 1.54) is 0 Å². The molecule has 1 aliphatic rings. The first-order valence-electron chi connectivity index (χ1n) is 6.90.